The van der Waals surface area contributed by atoms with Gasteiger partial charge in [0.15, 0.2) is 0 Å². The van der Waals surface area contributed by atoms with Crippen LogP contribution in [-0.2, 0) is 9.59 Å². The number of Topliss-reactive ketones (excluding diaryl/α,β-unsaturated/α-hetero) is 1. The number of benzene rings is 3. The molecular formula is C23H15F2NO3. The fourth-order valence-corrected chi connectivity index (χ4v) is 3.44. The van der Waals surface area contributed by atoms with Crippen LogP contribution in [0.3, 0.4) is 0 Å². The van der Waals surface area contributed by atoms with Gasteiger partial charge in [0.2, 0.25) is 0 Å². The van der Waals surface area contributed by atoms with Crippen LogP contribution in [0.4, 0.5) is 14.5 Å². The molecule has 1 unspecified atom stereocenters. The first-order chi connectivity index (χ1) is 14.0. The summed E-state index contributed by atoms with van der Waals surface area (Å²) in [6.45, 7) is 0. The van der Waals surface area contributed by atoms with E-state index in [1.165, 1.54) is 42.5 Å². The average Bonchev–Trinajstić information content (AvgIpc) is 2.99. The largest absolute Gasteiger partial charge is 0.507 e. The van der Waals surface area contributed by atoms with Crippen molar-refractivity contribution in [2.24, 2.45) is 0 Å². The van der Waals surface area contributed by atoms with Gasteiger partial charge in [0.05, 0.1) is 11.6 Å². The highest BCUT2D eigenvalue weighted by Gasteiger charge is 2.47. The summed E-state index contributed by atoms with van der Waals surface area (Å²) >= 11 is 0. The second kappa shape index (κ2) is 7.31. The number of carbonyl (C=O) groups excluding carboxylic acids is 2. The SMILES string of the molecule is O=C1C(=O)N(c2cccc(F)c2)C(c2ccc(F)cc2)/C1=C(\O)c1ccccc1. The Morgan fingerprint density at radius 1 is 0.828 bits per heavy atom. The molecule has 0 aliphatic carbocycles. The molecule has 29 heavy (non-hydrogen) atoms. The number of aliphatic hydroxyl groups excluding tert-OH is 1. The van der Waals surface area contributed by atoms with E-state index in [0.29, 0.717) is 11.1 Å². The number of hydrogen-bond acceptors (Lipinski definition) is 3. The quantitative estimate of drug-likeness (QED) is 0.404. The van der Waals surface area contributed by atoms with Crippen molar-refractivity contribution in [3.05, 3.63) is 107 Å². The number of rotatable bonds is 3. The van der Waals surface area contributed by atoms with Crippen molar-refractivity contribution in [3.8, 4) is 0 Å². The van der Waals surface area contributed by atoms with E-state index in [-0.39, 0.29) is 17.0 Å². The standard InChI is InChI=1S/C23H15F2NO3/c24-16-11-9-14(10-12-16)20-19(21(27)15-5-2-1-3-6-15)22(28)23(29)26(20)18-8-4-7-17(25)13-18/h1-13,20,27H/b21-19+. The Balaban J connectivity index is 1.96. The van der Waals surface area contributed by atoms with Crippen LogP contribution >= 0.6 is 0 Å². The molecule has 0 bridgehead atoms. The van der Waals surface area contributed by atoms with E-state index >= 15 is 0 Å². The van der Waals surface area contributed by atoms with Crippen molar-refractivity contribution >= 4 is 23.1 Å². The first kappa shape index (κ1) is 18.6. The van der Waals surface area contributed by atoms with Gasteiger partial charge in [-0.1, -0.05) is 48.5 Å². The number of anilines is 1. The third kappa shape index (κ3) is 3.29. The minimum atomic E-state index is -1.03. The molecule has 6 heteroatoms. The lowest BCUT2D eigenvalue weighted by Gasteiger charge is -2.25. The summed E-state index contributed by atoms with van der Waals surface area (Å²) in [6, 6.07) is 17.8. The molecule has 1 atom stereocenters. The molecule has 0 saturated carbocycles. The summed E-state index contributed by atoms with van der Waals surface area (Å²) in [6.07, 6.45) is 0. The zero-order valence-corrected chi connectivity index (χ0v) is 15.0. The van der Waals surface area contributed by atoms with Gasteiger partial charge >= 0.3 is 0 Å². The summed E-state index contributed by atoms with van der Waals surface area (Å²) < 4.78 is 27.3. The lowest BCUT2D eigenvalue weighted by molar-refractivity contribution is -0.132. The molecule has 1 aliphatic heterocycles. The molecule has 1 amide bonds. The number of halogens is 2. The Bertz CT molecular complexity index is 1120. The highest BCUT2D eigenvalue weighted by Crippen LogP contribution is 2.42. The number of nitrogens with zero attached hydrogens (tertiary/aromatic N) is 1. The number of amides is 1. The Morgan fingerprint density at radius 3 is 2.17 bits per heavy atom. The highest BCUT2D eigenvalue weighted by molar-refractivity contribution is 6.51. The van der Waals surface area contributed by atoms with Crippen molar-refractivity contribution in [3.63, 3.8) is 0 Å². The predicted molar refractivity (Wildman–Crippen MR) is 104 cm³/mol. The monoisotopic (exact) mass is 391 g/mol. The third-order valence-corrected chi connectivity index (χ3v) is 4.76. The summed E-state index contributed by atoms with van der Waals surface area (Å²) in [5.74, 6) is -3.21. The minimum Gasteiger partial charge on any atom is -0.507 e. The molecule has 1 aliphatic rings. The first-order valence-corrected chi connectivity index (χ1v) is 8.85. The molecule has 0 aromatic heterocycles. The topological polar surface area (TPSA) is 57.6 Å². The van der Waals surface area contributed by atoms with Crippen molar-refractivity contribution in [2.75, 3.05) is 4.90 Å². The smallest absolute Gasteiger partial charge is 0.300 e. The van der Waals surface area contributed by atoms with E-state index in [1.807, 2.05) is 0 Å². The van der Waals surface area contributed by atoms with Crippen LogP contribution in [-0.4, -0.2) is 16.8 Å². The van der Waals surface area contributed by atoms with Gasteiger partial charge in [-0.3, -0.25) is 14.5 Å². The Morgan fingerprint density at radius 2 is 1.52 bits per heavy atom. The number of aliphatic hydroxyl groups is 1. The maximum absolute atomic E-state index is 13.8. The van der Waals surface area contributed by atoms with E-state index in [1.54, 1.807) is 30.3 Å². The lowest BCUT2D eigenvalue weighted by Crippen LogP contribution is -2.29. The zero-order chi connectivity index (χ0) is 20.5. The summed E-state index contributed by atoms with van der Waals surface area (Å²) in [7, 11) is 0. The molecule has 3 aromatic carbocycles. The van der Waals surface area contributed by atoms with Gasteiger partial charge < -0.3 is 5.11 Å². The molecule has 1 N–H and O–H groups in total. The van der Waals surface area contributed by atoms with Crippen molar-refractivity contribution in [1.82, 2.24) is 0 Å². The first-order valence-electron chi connectivity index (χ1n) is 8.85. The number of ketones is 1. The average molecular weight is 391 g/mol. The van der Waals surface area contributed by atoms with Gasteiger partial charge in [-0.05, 0) is 35.9 Å². The van der Waals surface area contributed by atoms with Gasteiger partial charge in [-0.25, -0.2) is 8.78 Å². The van der Waals surface area contributed by atoms with E-state index in [0.717, 1.165) is 11.0 Å². The molecule has 1 fully saturated rings. The molecule has 144 valence electrons. The third-order valence-electron chi connectivity index (χ3n) is 4.76. The molecule has 1 heterocycles. The van der Waals surface area contributed by atoms with Gasteiger partial charge in [0.1, 0.15) is 17.4 Å². The van der Waals surface area contributed by atoms with Gasteiger partial charge in [-0.15, -0.1) is 0 Å². The van der Waals surface area contributed by atoms with Crippen LogP contribution in [0.25, 0.3) is 5.76 Å². The molecule has 0 radical (unpaired) electrons. The van der Waals surface area contributed by atoms with Crippen LogP contribution in [0.1, 0.15) is 17.2 Å². The summed E-state index contributed by atoms with van der Waals surface area (Å²) in [5, 5.41) is 10.8. The fraction of sp³-hybridized carbons (Fsp3) is 0.0435. The van der Waals surface area contributed by atoms with E-state index in [9.17, 15) is 23.5 Å². The second-order valence-electron chi connectivity index (χ2n) is 6.57. The van der Waals surface area contributed by atoms with Crippen LogP contribution in [0.15, 0.2) is 84.4 Å². The van der Waals surface area contributed by atoms with Crippen LogP contribution < -0.4 is 4.90 Å². The normalized spacial score (nSPS) is 18.3. The zero-order valence-electron chi connectivity index (χ0n) is 15.0. The van der Waals surface area contributed by atoms with E-state index in [4.69, 9.17) is 0 Å². The maximum Gasteiger partial charge on any atom is 0.300 e. The highest BCUT2D eigenvalue weighted by atomic mass is 19.1. The molecular weight excluding hydrogens is 376 g/mol. The second-order valence-corrected chi connectivity index (χ2v) is 6.57. The van der Waals surface area contributed by atoms with Crippen LogP contribution in [0.2, 0.25) is 0 Å². The lowest BCUT2D eigenvalue weighted by atomic mass is 9.95. The molecule has 3 aromatic rings. The summed E-state index contributed by atoms with van der Waals surface area (Å²) in [4.78, 5) is 26.8. The van der Waals surface area contributed by atoms with E-state index < -0.39 is 29.4 Å². The number of hydrogen-bond donors (Lipinski definition) is 1. The van der Waals surface area contributed by atoms with Crippen LogP contribution in [0, 0.1) is 11.6 Å². The van der Waals surface area contributed by atoms with Gasteiger partial charge in [0, 0.05) is 11.3 Å². The van der Waals surface area contributed by atoms with Crippen LogP contribution in [0.5, 0.6) is 0 Å². The predicted octanol–water partition coefficient (Wildman–Crippen LogP) is 4.59. The van der Waals surface area contributed by atoms with Crippen molar-refractivity contribution in [2.45, 2.75) is 6.04 Å². The van der Waals surface area contributed by atoms with E-state index in [2.05, 4.69) is 0 Å². The van der Waals surface area contributed by atoms with Gasteiger partial charge in [-0.2, -0.15) is 0 Å². The minimum absolute atomic E-state index is 0.142. The Kier molecular flexibility index (Phi) is 4.68. The van der Waals surface area contributed by atoms with Crippen molar-refractivity contribution in [1.29, 1.82) is 0 Å². The van der Waals surface area contributed by atoms with Gasteiger partial charge in [0.25, 0.3) is 11.7 Å². The molecule has 0 spiro atoms. The Labute approximate surface area is 165 Å². The Hall–Kier alpha value is -3.80. The van der Waals surface area contributed by atoms with Crippen molar-refractivity contribution < 1.29 is 23.5 Å². The summed E-state index contributed by atoms with van der Waals surface area (Å²) in [5.41, 5.74) is 0.787. The molecule has 1 saturated heterocycles. The maximum atomic E-state index is 13.8. The number of carbonyl (C=O) groups is 2. The molecule has 4 nitrogen and oxygen atoms in total. The molecule has 4 rings (SSSR count). The fourth-order valence-electron chi connectivity index (χ4n) is 3.44.